The van der Waals surface area contributed by atoms with Crippen LogP contribution < -0.4 is 15.6 Å². The lowest BCUT2D eigenvalue weighted by atomic mass is 10.0. The largest absolute Gasteiger partial charge is 0.483 e. The lowest BCUT2D eigenvalue weighted by Gasteiger charge is -2.18. The summed E-state index contributed by atoms with van der Waals surface area (Å²) in [5.41, 5.74) is 7.01. The van der Waals surface area contributed by atoms with Crippen LogP contribution in [0.2, 0.25) is 0 Å². The summed E-state index contributed by atoms with van der Waals surface area (Å²) in [6.07, 6.45) is 3.80. The maximum atomic E-state index is 12.2. The lowest BCUT2D eigenvalue weighted by Crippen LogP contribution is -2.43. The molecule has 2 N–H and O–H groups in total. The number of hydrazine groups is 1. The molecule has 0 radical (unpaired) electrons. The zero-order valence-corrected chi connectivity index (χ0v) is 17.4. The van der Waals surface area contributed by atoms with Crippen molar-refractivity contribution < 1.29 is 14.3 Å². The number of ether oxygens (including phenoxy) is 1. The number of benzene rings is 2. The molecule has 3 rings (SSSR count). The molecule has 0 atom stereocenters. The van der Waals surface area contributed by atoms with Crippen molar-refractivity contribution in [3.8, 4) is 5.75 Å². The van der Waals surface area contributed by atoms with E-state index in [9.17, 15) is 9.59 Å². The van der Waals surface area contributed by atoms with Crippen LogP contribution in [0.3, 0.4) is 0 Å². The third-order valence-corrected chi connectivity index (χ3v) is 4.42. The van der Waals surface area contributed by atoms with Gasteiger partial charge in [-0.25, -0.2) is 0 Å². The number of amides is 2. The molecule has 0 spiro atoms. The molecule has 30 heavy (non-hydrogen) atoms. The highest BCUT2D eigenvalue weighted by Crippen LogP contribution is 2.21. The Morgan fingerprint density at radius 3 is 2.40 bits per heavy atom. The Kier molecular flexibility index (Phi) is 6.51. The highest BCUT2D eigenvalue weighted by atomic mass is 16.5. The second kappa shape index (κ2) is 9.26. The normalized spacial score (nSPS) is 11.0. The van der Waals surface area contributed by atoms with Crippen molar-refractivity contribution in [3.05, 3.63) is 83.7 Å². The van der Waals surface area contributed by atoms with Crippen LogP contribution in [0.1, 0.15) is 42.3 Å². The Balaban J connectivity index is 1.51. The number of para-hydroxylation sites is 1. The summed E-state index contributed by atoms with van der Waals surface area (Å²) in [4.78, 5) is 24.3. The van der Waals surface area contributed by atoms with E-state index in [1.165, 1.54) is 6.20 Å². The molecule has 2 aromatic carbocycles. The first kappa shape index (κ1) is 21.1. The fraction of sp³-hybridized carbons (Fsp3) is 0.261. The number of nitrogens with one attached hydrogen (secondary N) is 2. The van der Waals surface area contributed by atoms with Gasteiger partial charge in [-0.15, -0.1) is 0 Å². The molecule has 2 amide bonds. The minimum Gasteiger partial charge on any atom is -0.483 e. The van der Waals surface area contributed by atoms with E-state index in [-0.39, 0.29) is 12.1 Å². The van der Waals surface area contributed by atoms with Gasteiger partial charge in [0, 0.05) is 12.6 Å². The van der Waals surface area contributed by atoms with Crippen molar-refractivity contribution >= 4 is 11.8 Å². The number of hydrogen-bond donors (Lipinski definition) is 2. The summed E-state index contributed by atoms with van der Waals surface area (Å²) in [5.74, 6) is -0.265. The van der Waals surface area contributed by atoms with Crippen LogP contribution >= 0.6 is 0 Å². The number of nitrogens with zero attached hydrogens (tertiary/aromatic N) is 2. The van der Waals surface area contributed by atoms with Crippen LogP contribution in [0, 0.1) is 0 Å². The highest BCUT2D eigenvalue weighted by molar-refractivity contribution is 5.95. The molecule has 1 aromatic heterocycles. The molecular formula is C23H26N4O3. The molecule has 1 heterocycles. The van der Waals surface area contributed by atoms with E-state index < -0.39 is 11.8 Å². The average molecular weight is 406 g/mol. The first-order valence-corrected chi connectivity index (χ1v) is 9.72. The van der Waals surface area contributed by atoms with E-state index >= 15 is 0 Å². The summed E-state index contributed by atoms with van der Waals surface area (Å²) >= 11 is 0. The highest BCUT2D eigenvalue weighted by Gasteiger charge is 2.17. The standard InChI is InChI=1S/C23H26N4O3/c1-23(2,3)27-15-19(14-24-27)22(29)26-25-21(28)16-30-20-12-8-7-11-18(20)13-17-9-5-4-6-10-17/h4-12,14-15H,13,16H2,1-3H3,(H,25,28)(H,26,29). The number of hydrogen-bond acceptors (Lipinski definition) is 4. The first-order chi connectivity index (χ1) is 14.3. The molecule has 0 saturated carbocycles. The minimum atomic E-state index is -0.457. The summed E-state index contributed by atoms with van der Waals surface area (Å²) in [5, 5.41) is 4.17. The van der Waals surface area contributed by atoms with Crippen LogP contribution in [0.15, 0.2) is 67.0 Å². The second-order valence-corrected chi connectivity index (χ2v) is 7.91. The van der Waals surface area contributed by atoms with Crippen molar-refractivity contribution in [1.82, 2.24) is 20.6 Å². The molecule has 7 heteroatoms. The van der Waals surface area contributed by atoms with Gasteiger partial charge < -0.3 is 4.74 Å². The van der Waals surface area contributed by atoms with Gasteiger partial charge in [0.2, 0.25) is 0 Å². The molecule has 0 unspecified atom stereocenters. The van der Waals surface area contributed by atoms with E-state index in [0.717, 1.165) is 11.1 Å². The van der Waals surface area contributed by atoms with Crippen LogP contribution in [0.25, 0.3) is 0 Å². The monoisotopic (exact) mass is 406 g/mol. The van der Waals surface area contributed by atoms with Crippen LogP contribution in [-0.4, -0.2) is 28.2 Å². The zero-order chi connectivity index (χ0) is 21.6. The van der Waals surface area contributed by atoms with Gasteiger partial charge in [0.25, 0.3) is 11.8 Å². The molecule has 0 bridgehead atoms. The minimum absolute atomic E-state index is 0.215. The topological polar surface area (TPSA) is 85.2 Å². The summed E-state index contributed by atoms with van der Waals surface area (Å²) < 4.78 is 7.37. The van der Waals surface area contributed by atoms with E-state index in [1.54, 1.807) is 10.9 Å². The predicted molar refractivity (Wildman–Crippen MR) is 114 cm³/mol. The SMILES string of the molecule is CC(C)(C)n1cc(C(=O)NNC(=O)COc2ccccc2Cc2ccccc2)cn1. The number of rotatable bonds is 6. The average Bonchev–Trinajstić information content (AvgIpc) is 3.23. The summed E-state index contributed by atoms with van der Waals surface area (Å²) in [7, 11) is 0. The van der Waals surface area contributed by atoms with Crippen LogP contribution in [0.4, 0.5) is 0 Å². The zero-order valence-electron chi connectivity index (χ0n) is 17.4. The molecule has 0 aliphatic rings. The van der Waals surface area contributed by atoms with Crippen molar-refractivity contribution in [1.29, 1.82) is 0 Å². The Hall–Kier alpha value is -3.61. The van der Waals surface area contributed by atoms with Crippen molar-refractivity contribution in [2.24, 2.45) is 0 Å². The van der Waals surface area contributed by atoms with Crippen molar-refractivity contribution in [2.75, 3.05) is 6.61 Å². The summed E-state index contributed by atoms with van der Waals surface area (Å²) in [6.45, 7) is 5.73. The number of carbonyl (C=O) groups is 2. The first-order valence-electron chi connectivity index (χ1n) is 9.72. The van der Waals surface area contributed by atoms with Gasteiger partial charge >= 0.3 is 0 Å². The molecule has 156 valence electrons. The van der Waals surface area contributed by atoms with Gasteiger partial charge in [0.1, 0.15) is 5.75 Å². The maximum Gasteiger partial charge on any atom is 0.276 e. The van der Waals surface area contributed by atoms with Crippen LogP contribution in [0.5, 0.6) is 5.75 Å². The summed E-state index contributed by atoms with van der Waals surface area (Å²) in [6, 6.07) is 17.6. The van der Waals surface area contributed by atoms with Crippen molar-refractivity contribution in [3.63, 3.8) is 0 Å². The van der Waals surface area contributed by atoms with Gasteiger partial charge in [0.15, 0.2) is 6.61 Å². The fourth-order valence-electron chi connectivity index (χ4n) is 2.79. The third-order valence-electron chi connectivity index (χ3n) is 4.42. The molecule has 3 aromatic rings. The molecule has 0 aliphatic heterocycles. The van der Waals surface area contributed by atoms with E-state index in [1.807, 2.05) is 75.4 Å². The van der Waals surface area contributed by atoms with E-state index in [4.69, 9.17) is 4.74 Å². The Morgan fingerprint density at radius 1 is 1.00 bits per heavy atom. The predicted octanol–water partition coefficient (Wildman–Crippen LogP) is 3.07. The van der Waals surface area contributed by atoms with Crippen molar-refractivity contribution in [2.45, 2.75) is 32.7 Å². The van der Waals surface area contributed by atoms with Gasteiger partial charge in [-0.2, -0.15) is 5.10 Å². The third kappa shape index (κ3) is 5.70. The molecule has 0 aliphatic carbocycles. The van der Waals surface area contributed by atoms with Gasteiger partial charge in [-0.05, 0) is 38.0 Å². The number of aromatic nitrogens is 2. The quantitative estimate of drug-likeness (QED) is 0.616. The second-order valence-electron chi connectivity index (χ2n) is 7.91. The number of carbonyl (C=O) groups excluding carboxylic acids is 2. The Bertz CT molecular complexity index is 1010. The maximum absolute atomic E-state index is 12.2. The molecule has 7 nitrogen and oxygen atoms in total. The van der Waals surface area contributed by atoms with Crippen LogP contribution in [-0.2, 0) is 16.8 Å². The van der Waals surface area contributed by atoms with E-state index in [2.05, 4.69) is 16.0 Å². The van der Waals surface area contributed by atoms with Gasteiger partial charge in [-0.1, -0.05) is 48.5 Å². The van der Waals surface area contributed by atoms with E-state index in [0.29, 0.717) is 17.7 Å². The van der Waals surface area contributed by atoms with Gasteiger partial charge in [-0.3, -0.25) is 25.1 Å². The molecule has 0 saturated heterocycles. The molecule has 0 fully saturated rings. The molecular weight excluding hydrogens is 380 g/mol. The Morgan fingerprint density at radius 2 is 1.70 bits per heavy atom. The fourth-order valence-corrected chi connectivity index (χ4v) is 2.79. The van der Waals surface area contributed by atoms with Gasteiger partial charge in [0.05, 0.1) is 17.3 Å². The smallest absolute Gasteiger partial charge is 0.276 e. The lowest BCUT2D eigenvalue weighted by molar-refractivity contribution is -0.123. The Labute approximate surface area is 176 Å².